The van der Waals surface area contributed by atoms with Gasteiger partial charge in [0.05, 0.1) is 7.11 Å². The van der Waals surface area contributed by atoms with Crippen molar-refractivity contribution in [2.75, 3.05) is 7.11 Å². The molecule has 110 valence electrons. The van der Waals surface area contributed by atoms with Crippen LogP contribution in [0.3, 0.4) is 0 Å². The standard InChI is InChI=1S/C15H18N4O2/c1-21-12-8-6-10(7-9-12)13-14(18-19-17-13)15(20)16-11-4-2-3-5-11/h6-9,11H,2-5H2,1H3,(H,16,20)(H,17,18,19). The predicted molar refractivity (Wildman–Crippen MR) is 78.1 cm³/mol. The summed E-state index contributed by atoms with van der Waals surface area (Å²) in [5.41, 5.74) is 1.74. The number of ether oxygens (including phenoxy) is 1. The summed E-state index contributed by atoms with van der Waals surface area (Å²) in [6.07, 6.45) is 4.44. The Hall–Kier alpha value is -2.37. The Kier molecular flexibility index (Phi) is 3.85. The van der Waals surface area contributed by atoms with Crippen LogP contribution in [0.1, 0.15) is 36.2 Å². The number of carbonyl (C=O) groups is 1. The molecule has 0 bridgehead atoms. The van der Waals surface area contributed by atoms with Gasteiger partial charge in [-0.05, 0) is 37.1 Å². The molecule has 3 rings (SSSR count). The average Bonchev–Trinajstić information content (AvgIpc) is 3.18. The minimum Gasteiger partial charge on any atom is -0.497 e. The Labute approximate surface area is 122 Å². The zero-order valence-corrected chi connectivity index (χ0v) is 11.9. The number of nitrogens with one attached hydrogen (secondary N) is 2. The molecule has 0 radical (unpaired) electrons. The molecule has 2 N–H and O–H groups in total. The van der Waals surface area contributed by atoms with Gasteiger partial charge in [0.15, 0.2) is 5.69 Å². The number of H-pyrrole nitrogens is 1. The van der Waals surface area contributed by atoms with E-state index < -0.39 is 0 Å². The summed E-state index contributed by atoms with van der Waals surface area (Å²) < 4.78 is 5.13. The van der Waals surface area contributed by atoms with Crippen molar-refractivity contribution < 1.29 is 9.53 Å². The summed E-state index contributed by atoms with van der Waals surface area (Å²) in [5.74, 6) is 0.598. The maximum atomic E-state index is 12.3. The van der Waals surface area contributed by atoms with Crippen LogP contribution >= 0.6 is 0 Å². The molecule has 1 aromatic heterocycles. The molecule has 1 heterocycles. The highest BCUT2D eigenvalue weighted by molar-refractivity contribution is 5.98. The van der Waals surface area contributed by atoms with E-state index in [4.69, 9.17) is 4.74 Å². The molecule has 0 atom stereocenters. The van der Waals surface area contributed by atoms with Gasteiger partial charge in [-0.25, -0.2) is 0 Å². The van der Waals surface area contributed by atoms with Gasteiger partial charge in [0.2, 0.25) is 0 Å². The lowest BCUT2D eigenvalue weighted by atomic mass is 10.1. The number of rotatable bonds is 4. The fourth-order valence-corrected chi connectivity index (χ4v) is 2.66. The van der Waals surface area contributed by atoms with Gasteiger partial charge in [0.1, 0.15) is 11.4 Å². The molecule has 0 saturated heterocycles. The average molecular weight is 286 g/mol. The molecule has 21 heavy (non-hydrogen) atoms. The molecule has 1 aliphatic carbocycles. The maximum Gasteiger partial charge on any atom is 0.274 e. The van der Waals surface area contributed by atoms with Crippen LogP contribution in [0.2, 0.25) is 0 Å². The third-order valence-electron chi connectivity index (χ3n) is 3.82. The van der Waals surface area contributed by atoms with Gasteiger partial charge in [0, 0.05) is 11.6 Å². The third kappa shape index (κ3) is 2.89. The van der Waals surface area contributed by atoms with Crippen LogP contribution < -0.4 is 10.1 Å². The van der Waals surface area contributed by atoms with Crippen molar-refractivity contribution in [3.63, 3.8) is 0 Å². The number of benzene rings is 1. The molecular weight excluding hydrogens is 268 g/mol. The van der Waals surface area contributed by atoms with E-state index in [-0.39, 0.29) is 11.9 Å². The minimum absolute atomic E-state index is 0.165. The quantitative estimate of drug-likeness (QED) is 0.902. The summed E-state index contributed by atoms with van der Waals surface area (Å²) in [5, 5.41) is 13.7. The van der Waals surface area contributed by atoms with Crippen molar-refractivity contribution in [1.82, 2.24) is 20.7 Å². The van der Waals surface area contributed by atoms with E-state index >= 15 is 0 Å². The van der Waals surface area contributed by atoms with E-state index in [1.54, 1.807) is 7.11 Å². The fraction of sp³-hybridized carbons (Fsp3) is 0.400. The Morgan fingerprint density at radius 3 is 2.62 bits per heavy atom. The van der Waals surface area contributed by atoms with E-state index in [1.807, 2.05) is 24.3 Å². The molecule has 2 aromatic rings. The van der Waals surface area contributed by atoms with Gasteiger partial charge in [0.25, 0.3) is 5.91 Å². The number of carbonyl (C=O) groups excluding carboxylic acids is 1. The lowest BCUT2D eigenvalue weighted by Gasteiger charge is -2.10. The first-order valence-corrected chi connectivity index (χ1v) is 7.14. The Morgan fingerprint density at radius 1 is 1.24 bits per heavy atom. The predicted octanol–water partition coefficient (Wildman–Crippen LogP) is 2.15. The second-order valence-electron chi connectivity index (χ2n) is 5.20. The van der Waals surface area contributed by atoms with Crippen molar-refractivity contribution in [2.45, 2.75) is 31.7 Å². The van der Waals surface area contributed by atoms with E-state index in [0.717, 1.165) is 24.2 Å². The zero-order valence-electron chi connectivity index (χ0n) is 11.9. The normalized spacial score (nSPS) is 15.1. The van der Waals surface area contributed by atoms with Crippen LogP contribution in [-0.2, 0) is 0 Å². The van der Waals surface area contributed by atoms with Crippen molar-refractivity contribution in [3.8, 4) is 17.0 Å². The second kappa shape index (κ2) is 5.95. The van der Waals surface area contributed by atoms with Crippen LogP contribution in [0.5, 0.6) is 5.75 Å². The SMILES string of the molecule is COc1ccc(-c2n[nH]nc2C(=O)NC2CCCC2)cc1. The Bertz CT molecular complexity index is 615. The van der Waals surface area contributed by atoms with Crippen LogP contribution in [0.15, 0.2) is 24.3 Å². The summed E-state index contributed by atoms with van der Waals surface area (Å²) in [6, 6.07) is 7.66. The monoisotopic (exact) mass is 286 g/mol. The van der Waals surface area contributed by atoms with E-state index in [0.29, 0.717) is 11.4 Å². The van der Waals surface area contributed by atoms with Crippen LogP contribution in [-0.4, -0.2) is 34.5 Å². The summed E-state index contributed by atoms with van der Waals surface area (Å²) >= 11 is 0. The first-order valence-electron chi connectivity index (χ1n) is 7.14. The molecule has 0 spiro atoms. The molecular formula is C15H18N4O2. The lowest BCUT2D eigenvalue weighted by molar-refractivity contribution is 0.0933. The van der Waals surface area contributed by atoms with Gasteiger partial charge in [-0.2, -0.15) is 15.4 Å². The van der Waals surface area contributed by atoms with Gasteiger partial charge in [-0.3, -0.25) is 4.79 Å². The molecule has 6 heteroatoms. The molecule has 1 saturated carbocycles. The van der Waals surface area contributed by atoms with Crippen molar-refractivity contribution in [2.24, 2.45) is 0 Å². The van der Waals surface area contributed by atoms with Gasteiger partial charge >= 0.3 is 0 Å². The number of amides is 1. The minimum atomic E-state index is -0.165. The van der Waals surface area contributed by atoms with E-state index in [1.165, 1.54) is 12.8 Å². The molecule has 1 aliphatic rings. The fourth-order valence-electron chi connectivity index (χ4n) is 2.66. The smallest absolute Gasteiger partial charge is 0.274 e. The molecule has 1 fully saturated rings. The summed E-state index contributed by atoms with van der Waals surface area (Å²) in [7, 11) is 1.62. The molecule has 1 aromatic carbocycles. The first-order chi connectivity index (χ1) is 10.3. The number of nitrogens with zero attached hydrogens (tertiary/aromatic N) is 2. The molecule has 1 amide bonds. The van der Waals surface area contributed by atoms with Crippen molar-refractivity contribution >= 4 is 5.91 Å². The van der Waals surface area contributed by atoms with Crippen LogP contribution in [0, 0.1) is 0 Å². The van der Waals surface area contributed by atoms with Crippen LogP contribution in [0.25, 0.3) is 11.3 Å². The topological polar surface area (TPSA) is 79.9 Å². The van der Waals surface area contributed by atoms with Gasteiger partial charge in [-0.15, -0.1) is 0 Å². The van der Waals surface area contributed by atoms with E-state index in [9.17, 15) is 4.79 Å². The number of methoxy groups -OCH3 is 1. The molecule has 6 nitrogen and oxygen atoms in total. The van der Waals surface area contributed by atoms with Crippen molar-refractivity contribution in [3.05, 3.63) is 30.0 Å². The number of hydrogen-bond acceptors (Lipinski definition) is 4. The molecule has 0 aliphatic heterocycles. The first kappa shape index (κ1) is 13.6. The number of hydrogen-bond donors (Lipinski definition) is 2. The third-order valence-corrected chi connectivity index (χ3v) is 3.82. The highest BCUT2D eigenvalue weighted by atomic mass is 16.5. The molecule has 0 unspecified atom stereocenters. The lowest BCUT2D eigenvalue weighted by Crippen LogP contribution is -2.33. The van der Waals surface area contributed by atoms with Gasteiger partial charge in [-0.1, -0.05) is 12.8 Å². The summed E-state index contributed by atoms with van der Waals surface area (Å²) in [6.45, 7) is 0. The largest absolute Gasteiger partial charge is 0.497 e. The number of aromatic nitrogens is 3. The van der Waals surface area contributed by atoms with Gasteiger partial charge < -0.3 is 10.1 Å². The maximum absolute atomic E-state index is 12.3. The second-order valence-corrected chi connectivity index (χ2v) is 5.20. The number of aromatic amines is 1. The summed E-state index contributed by atoms with van der Waals surface area (Å²) in [4.78, 5) is 12.3. The van der Waals surface area contributed by atoms with E-state index in [2.05, 4.69) is 20.7 Å². The highest BCUT2D eigenvalue weighted by Gasteiger charge is 2.22. The Morgan fingerprint density at radius 2 is 1.95 bits per heavy atom. The Balaban J connectivity index is 1.80. The van der Waals surface area contributed by atoms with Crippen molar-refractivity contribution in [1.29, 1.82) is 0 Å². The highest BCUT2D eigenvalue weighted by Crippen LogP contribution is 2.23. The zero-order chi connectivity index (χ0) is 14.7. The van der Waals surface area contributed by atoms with Crippen LogP contribution in [0.4, 0.5) is 0 Å².